The summed E-state index contributed by atoms with van der Waals surface area (Å²) in [5, 5.41) is 3.11. The van der Waals surface area contributed by atoms with Crippen LogP contribution >= 0.6 is 12.4 Å². The van der Waals surface area contributed by atoms with Gasteiger partial charge in [0.1, 0.15) is 0 Å². The van der Waals surface area contributed by atoms with Crippen LogP contribution in [0.4, 0.5) is 0 Å². The smallest absolute Gasteiger partial charge is 0.224 e. The fraction of sp³-hybridized carbons (Fsp3) is 0.933. The summed E-state index contributed by atoms with van der Waals surface area (Å²) in [6.45, 7) is 13.6. The van der Waals surface area contributed by atoms with Crippen molar-refractivity contribution >= 4 is 18.3 Å². The van der Waals surface area contributed by atoms with Gasteiger partial charge in [-0.25, -0.2) is 0 Å². The monoisotopic (exact) mass is 292 g/mol. The molecule has 0 spiro atoms. The number of amides is 1. The van der Waals surface area contributed by atoms with Crippen LogP contribution in [-0.2, 0) is 4.79 Å². The first kappa shape index (κ1) is 21.0. The van der Waals surface area contributed by atoms with Gasteiger partial charge in [0.05, 0.1) is 6.67 Å². The highest BCUT2D eigenvalue weighted by Crippen LogP contribution is 2.18. The maximum absolute atomic E-state index is 12.1. The van der Waals surface area contributed by atoms with Gasteiger partial charge in [-0.15, -0.1) is 12.4 Å². The van der Waals surface area contributed by atoms with E-state index in [1.54, 1.807) is 0 Å². The van der Waals surface area contributed by atoms with Crippen molar-refractivity contribution < 1.29 is 4.79 Å². The molecule has 19 heavy (non-hydrogen) atoms. The number of rotatable bonds is 10. The van der Waals surface area contributed by atoms with E-state index in [0.717, 1.165) is 38.8 Å². The van der Waals surface area contributed by atoms with E-state index < -0.39 is 0 Å². The van der Waals surface area contributed by atoms with Gasteiger partial charge in [0.15, 0.2) is 0 Å². The van der Waals surface area contributed by atoms with Gasteiger partial charge in [-0.2, -0.15) is 0 Å². The Labute approximate surface area is 125 Å². The van der Waals surface area contributed by atoms with Gasteiger partial charge in [0.25, 0.3) is 0 Å². The Morgan fingerprint density at radius 2 is 1.58 bits per heavy atom. The van der Waals surface area contributed by atoms with Crippen LogP contribution in [0.2, 0.25) is 0 Å². The summed E-state index contributed by atoms with van der Waals surface area (Å²) in [6.07, 6.45) is 4.28. The molecule has 2 atom stereocenters. The van der Waals surface area contributed by atoms with Gasteiger partial charge in [-0.1, -0.05) is 41.0 Å². The van der Waals surface area contributed by atoms with Crippen molar-refractivity contribution in [3.8, 4) is 0 Å². The van der Waals surface area contributed by atoms with Crippen molar-refractivity contribution in [3.63, 3.8) is 0 Å². The van der Waals surface area contributed by atoms with E-state index >= 15 is 0 Å². The first-order valence-electron chi connectivity index (χ1n) is 7.60. The standard InChI is InChI=1S/C15H32N2O.ClH/c1-6-10-17(11-7-2)12-16-15(18)14(9-4)13(5)8-3;/h13-14H,6-12H2,1-5H3,(H,16,18);1H. The first-order valence-corrected chi connectivity index (χ1v) is 7.60. The molecule has 116 valence electrons. The SMILES string of the molecule is CCCN(CCC)CNC(=O)C(CC)C(C)CC.Cl. The first-order chi connectivity index (χ1) is 8.60. The lowest BCUT2D eigenvalue weighted by molar-refractivity contribution is -0.127. The summed E-state index contributed by atoms with van der Waals surface area (Å²) in [5.74, 6) is 0.866. The zero-order valence-corrected chi connectivity index (χ0v) is 14.2. The van der Waals surface area contributed by atoms with Crippen molar-refractivity contribution in [2.24, 2.45) is 11.8 Å². The number of carbonyl (C=O) groups is 1. The van der Waals surface area contributed by atoms with E-state index in [0.29, 0.717) is 12.6 Å². The molecule has 0 rings (SSSR count). The summed E-state index contributed by atoms with van der Waals surface area (Å²) in [7, 11) is 0. The molecule has 0 saturated carbocycles. The van der Waals surface area contributed by atoms with Crippen LogP contribution in [0.15, 0.2) is 0 Å². The largest absolute Gasteiger partial charge is 0.343 e. The van der Waals surface area contributed by atoms with E-state index in [2.05, 4.69) is 44.8 Å². The molecule has 0 bridgehead atoms. The van der Waals surface area contributed by atoms with Gasteiger partial charge in [0, 0.05) is 5.92 Å². The van der Waals surface area contributed by atoms with E-state index in [1.165, 1.54) is 0 Å². The molecule has 0 fully saturated rings. The molecule has 1 N–H and O–H groups in total. The Balaban J connectivity index is 0. The average molecular weight is 293 g/mol. The summed E-state index contributed by atoms with van der Waals surface area (Å²) < 4.78 is 0. The fourth-order valence-electron chi connectivity index (χ4n) is 2.35. The van der Waals surface area contributed by atoms with Gasteiger partial charge < -0.3 is 5.32 Å². The van der Waals surface area contributed by atoms with Crippen molar-refractivity contribution in [2.45, 2.75) is 60.3 Å². The molecular weight excluding hydrogens is 260 g/mol. The Kier molecular flexibility index (Phi) is 14.1. The van der Waals surface area contributed by atoms with Crippen LogP contribution < -0.4 is 5.32 Å². The molecule has 2 unspecified atom stereocenters. The zero-order valence-electron chi connectivity index (χ0n) is 13.4. The lowest BCUT2D eigenvalue weighted by Crippen LogP contribution is -2.42. The minimum Gasteiger partial charge on any atom is -0.343 e. The summed E-state index contributed by atoms with van der Waals surface area (Å²) in [5.41, 5.74) is 0. The highest BCUT2D eigenvalue weighted by atomic mass is 35.5. The highest BCUT2D eigenvalue weighted by molar-refractivity contribution is 5.85. The maximum atomic E-state index is 12.1. The predicted molar refractivity (Wildman–Crippen MR) is 85.6 cm³/mol. The quantitative estimate of drug-likeness (QED) is 0.623. The zero-order chi connectivity index (χ0) is 14.0. The van der Waals surface area contributed by atoms with Gasteiger partial charge in [0.2, 0.25) is 5.91 Å². The third-order valence-electron chi connectivity index (χ3n) is 3.66. The molecule has 0 saturated heterocycles. The van der Waals surface area contributed by atoms with Gasteiger partial charge >= 0.3 is 0 Å². The molecule has 0 aliphatic heterocycles. The molecule has 3 nitrogen and oxygen atoms in total. The third kappa shape index (κ3) is 8.48. The Morgan fingerprint density at radius 1 is 1.05 bits per heavy atom. The third-order valence-corrected chi connectivity index (χ3v) is 3.66. The van der Waals surface area contributed by atoms with Crippen LogP contribution in [0.5, 0.6) is 0 Å². The maximum Gasteiger partial charge on any atom is 0.224 e. The molecule has 0 aliphatic carbocycles. The van der Waals surface area contributed by atoms with E-state index in [1.807, 2.05) is 0 Å². The Hall–Kier alpha value is -0.280. The van der Waals surface area contributed by atoms with Gasteiger partial charge in [-0.3, -0.25) is 9.69 Å². The fourth-order valence-corrected chi connectivity index (χ4v) is 2.35. The number of carbonyl (C=O) groups excluding carboxylic acids is 1. The lowest BCUT2D eigenvalue weighted by Gasteiger charge is -2.25. The Morgan fingerprint density at radius 3 is 1.95 bits per heavy atom. The van der Waals surface area contributed by atoms with E-state index in [4.69, 9.17) is 0 Å². The second-order valence-corrected chi connectivity index (χ2v) is 5.22. The van der Waals surface area contributed by atoms with Crippen molar-refractivity contribution in [3.05, 3.63) is 0 Å². The molecule has 0 heterocycles. The second-order valence-electron chi connectivity index (χ2n) is 5.22. The van der Waals surface area contributed by atoms with E-state index in [-0.39, 0.29) is 24.2 Å². The molecule has 0 aromatic heterocycles. The van der Waals surface area contributed by atoms with Crippen LogP contribution in [0.25, 0.3) is 0 Å². The van der Waals surface area contributed by atoms with Crippen LogP contribution in [0, 0.1) is 11.8 Å². The van der Waals surface area contributed by atoms with Gasteiger partial charge in [-0.05, 0) is 38.3 Å². The normalized spacial score (nSPS) is 13.8. The Bertz CT molecular complexity index is 218. The number of hydrogen-bond donors (Lipinski definition) is 1. The van der Waals surface area contributed by atoms with E-state index in [9.17, 15) is 4.79 Å². The lowest BCUT2D eigenvalue weighted by atomic mass is 9.89. The molecular formula is C15H33ClN2O. The summed E-state index contributed by atoms with van der Waals surface area (Å²) >= 11 is 0. The minimum atomic E-state index is 0. The topological polar surface area (TPSA) is 32.3 Å². The second kappa shape index (κ2) is 12.7. The molecule has 4 heteroatoms. The molecule has 0 aromatic rings. The number of nitrogens with one attached hydrogen (secondary N) is 1. The minimum absolute atomic E-state index is 0. The average Bonchev–Trinajstić information content (AvgIpc) is 2.37. The van der Waals surface area contributed by atoms with Crippen LogP contribution in [0.1, 0.15) is 60.3 Å². The number of nitrogens with zero attached hydrogens (tertiary/aromatic N) is 1. The molecule has 0 aromatic carbocycles. The highest BCUT2D eigenvalue weighted by Gasteiger charge is 2.21. The van der Waals surface area contributed by atoms with Crippen molar-refractivity contribution in [1.29, 1.82) is 0 Å². The number of halogens is 1. The molecule has 0 aliphatic rings. The molecule has 0 radical (unpaired) electrons. The van der Waals surface area contributed by atoms with Crippen molar-refractivity contribution in [2.75, 3.05) is 19.8 Å². The predicted octanol–water partition coefficient (Wildman–Crippen LogP) is 3.68. The number of hydrogen-bond acceptors (Lipinski definition) is 2. The van der Waals surface area contributed by atoms with Crippen LogP contribution in [-0.4, -0.2) is 30.6 Å². The molecule has 1 amide bonds. The summed E-state index contributed by atoms with van der Waals surface area (Å²) in [4.78, 5) is 14.5. The van der Waals surface area contributed by atoms with Crippen LogP contribution in [0.3, 0.4) is 0 Å². The van der Waals surface area contributed by atoms with Crippen molar-refractivity contribution in [1.82, 2.24) is 10.2 Å². The summed E-state index contributed by atoms with van der Waals surface area (Å²) in [6, 6.07) is 0.